The third kappa shape index (κ3) is 6.97. The highest BCUT2D eigenvalue weighted by molar-refractivity contribution is 5.66. The molecule has 12 heavy (non-hydrogen) atoms. The van der Waals surface area contributed by atoms with Crippen LogP contribution in [0.5, 0.6) is 0 Å². The molecule has 6 nitrogen and oxygen atoms in total. The van der Waals surface area contributed by atoms with Crippen LogP contribution in [-0.2, 0) is 9.63 Å². The number of nitrogens with one attached hydrogen (secondary N) is 2. The van der Waals surface area contributed by atoms with Crippen LogP contribution in [0.15, 0.2) is 0 Å². The highest BCUT2D eigenvalue weighted by Crippen LogP contribution is 1.89. The van der Waals surface area contributed by atoms with E-state index in [9.17, 15) is 9.59 Å². The molecule has 6 heteroatoms. The Morgan fingerprint density at radius 3 is 2.83 bits per heavy atom. The van der Waals surface area contributed by atoms with Gasteiger partial charge in [-0.2, -0.15) is 0 Å². The predicted molar refractivity (Wildman–Crippen MR) is 39.3 cm³/mol. The molecule has 0 atom stereocenters. The van der Waals surface area contributed by atoms with Crippen LogP contribution in [-0.4, -0.2) is 24.1 Å². The second-order valence-corrected chi connectivity index (χ2v) is 2.07. The van der Waals surface area contributed by atoms with Crippen LogP contribution in [0.25, 0.3) is 0 Å². The lowest BCUT2D eigenvalue weighted by Gasteiger charge is -2.02. The van der Waals surface area contributed by atoms with Gasteiger partial charge in [0.15, 0.2) is 0 Å². The van der Waals surface area contributed by atoms with E-state index in [1.165, 1.54) is 5.64 Å². The normalized spacial score (nSPS) is 9.08. The van der Waals surface area contributed by atoms with Crippen LogP contribution in [0.4, 0.5) is 4.79 Å². The van der Waals surface area contributed by atoms with Crippen LogP contribution in [0, 0.1) is 0 Å². The fraction of sp³-hybridized carbons (Fsp3) is 0.667. The summed E-state index contributed by atoms with van der Waals surface area (Å²) >= 11 is 0. The number of hydrogen-bond acceptors (Lipinski definition) is 5. The van der Waals surface area contributed by atoms with E-state index in [1.807, 2.05) is 0 Å². The Labute approximate surface area is 69.8 Å². The van der Waals surface area contributed by atoms with Gasteiger partial charge in [0.25, 0.3) is 0 Å². The van der Waals surface area contributed by atoms with Gasteiger partial charge in [-0.25, -0.2) is 4.79 Å². The van der Waals surface area contributed by atoms with Gasteiger partial charge >= 0.3 is 6.09 Å². The fourth-order valence-electron chi connectivity index (χ4n) is 0.621. The first-order valence-corrected chi connectivity index (χ1v) is 3.58. The molecule has 70 valence electrons. The first-order valence-electron chi connectivity index (χ1n) is 3.58. The molecule has 0 aromatic heterocycles. The van der Waals surface area contributed by atoms with Crippen molar-refractivity contribution in [2.45, 2.75) is 19.3 Å². The molecule has 0 aliphatic rings. The van der Waals surface area contributed by atoms with Crippen LogP contribution in [0.3, 0.4) is 0 Å². The highest BCUT2D eigenvalue weighted by atomic mass is 16.9. The molecular weight excluding hydrogens is 164 g/mol. The summed E-state index contributed by atoms with van der Waals surface area (Å²) in [5, 5.41) is 10.2. The molecular formula is C6H12N2O4. The van der Waals surface area contributed by atoms with Crippen molar-refractivity contribution in [1.82, 2.24) is 11.0 Å². The van der Waals surface area contributed by atoms with Crippen molar-refractivity contribution in [2.75, 3.05) is 6.54 Å². The Bertz CT molecular complexity index is 140. The maximum absolute atomic E-state index is 10.5. The number of unbranched alkanes of at least 4 members (excludes halogenated alkanes) is 2. The van der Waals surface area contributed by atoms with E-state index in [-0.39, 0.29) is 0 Å². The van der Waals surface area contributed by atoms with E-state index in [2.05, 4.69) is 10.2 Å². The topological polar surface area (TPSA) is 87.7 Å². The van der Waals surface area contributed by atoms with Crippen LogP contribution >= 0.6 is 0 Å². The van der Waals surface area contributed by atoms with E-state index in [0.29, 0.717) is 19.4 Å². The summed E-state index contributed by atoms with van der Waals surface area (Å²) in [6, 6.07) is 0. The predicted octanol–water partition coefficient (Wildman–Crippen LogP) is -0.0244. The highest BCUT2D eigenvalue weighted by Gasteiger charge is 1.98. The Balaban J connectivity index is 3.08. The maximum atomic E-state index is 10.5. The maximum Gasteiger partial charge on any atom is 0.428 e. The lowest BCUT2D eigenvalue weighted by Crippen LogP contribution is -2.29. The number of aldehydes is 1. The molecule has 3 N–H and O–H groups in total. The van der Waals surface area contributed by atoms with Crippen molar-refractivity contribution in [1.29, 1.82) is 0 Å². The molecule has 0 spiro atoms. The molecule has 0 unspecified atom stereocenters. The third-order valence-corrected chi connectivity index (χ3v) is 1.16. The van der Waals surface area contributed by atoms with Gasteiger partial charge in [0, 0.05) is 13.0 Å². The third-order valence-electron chi connectivity index (χ3n) is 1.16. The summed E-state index contributed by atoms with van der Waals surface area (Å²) in [6.45, 7) is 0.425. The molecule has 0 aromatic carbocycles. The smallest absolute Gasteiger partial charge is 0.328 e. The van der Waals surface area contributed by atoms with E-state index in [0.717, 1.165) is 12.7 Å². The standard InChI is InChI=1S/C6H12N2O4/c9-5-3-1-2-4-7-6(10)12-8-11/h5,8,11H,1-4H2,(H,7,10). The Kier molecular flexibility index (Phi) is 7.21. The van der Waals surface area contributed by atoms with Gasteiger partial charge in [-0.1, -0.05) is 0 Å². The lowest BCUT2D eigenvalue weighted by molar-refractivity contribution is -0.107. The van der Waals surface area contributed by atoms with Gasteiger partial charge in [0.2, 0.25) is 0 Å². The molecule has 0 rings (SSSR count). The Morgan fingerprint density at radius 1 is 1.50 bits per heavy atom. The van der Waals surface area contributed by atoms with Gasteiger partial charge in [-0.3, -0.25) is 5.21 Å². The lowest BCUT2D eigenvalue weighted by atomic mass is 10.2. The van der Waals surface area contributed by atoms with Gasteiger partial charge in [0.05, 0.1) is 0 Å². The van der Waals surface area contributed by atoms with Gasteiger partial charge in [-0.15, -0.1) is 0 Å². The summed E-state index contributed by atoms with van der Waals surface area (Å²) in [5.74, 6) is 0. The van der Waals surface area contributed by atoms with Crippen LogP contribution < -0.4 is 11.0 Å². The molecule has 0 aliphatic heterocycles. The summed E-state index contributed by atoms with van der Waals surface area (Å²) < 4.78 is 0. The minimum absolute atomic E-state index is 0.425. The minimum Gasteiger partial charge on any atom is -0.328 e. The number of carbonyl (C=O) groups is 2. The van der Waals surface area contributed by atoms with Crippen LogP contribution in [0.2, 0.25) is 0 Å². The fourth-order valence-corrected chi connectivity index (χ4v) is 0.621. The molecule has 0 bridgehead atoms. The molecule has 0 saturated carbocycles. The zero-order valence-corrected chi connectivity index (χ0v) is 6.58. The number of rotatable bonds is 6. The summed E-state index contributed by atoms with van der Waals surface area (Å²) in [5.41, 5.74) is 1.25. The second kappa shape index (κ2) is 7.96. The molecule has 0 heterocycles. The summed E-state index contributed by atoms with van der Waals surface area (Å²) in [4.78, 5) is 24.2. The van der Waals surface area contributed by atoms with Crippen molar-refractivity contribution >= 4 is 12.4 Å². The van der Waals surface area contributed by atoms with Crippen molar-refractivity contribution in [3.05, 3.63) is 0 Å². The average molecular weight is 176 g/mol. The Hall–Kier alpha value is -1.14. The van der Waals surface area contributed by atoms with E-state index < -0.39 is 6.09 Å². The van der Waals surface area contributed by atoms with E-state index in [4.69, 9.17) is 5.21 Å². The van der Waals surface area contributed by atoms with Gasteiger partial charge in [0.1, 0.15) is 6.29 Å². The van der Waals surface area contributed by atoms with Crippen molar-refractivity contribution < 1.29 is 19.6 Å². The zero-order valence-electron chi connectivity index (χ0n) is 6.58. The summed E-state index contributed by atoms with van der Waals surface area (Å²) in [6.07, 6.45) is 2.02. The van der Waals surface area contributed by atoms with Gasteiger partial charge < -0.3 is 14.9 Å². The molecule has 0 saturated heterocycles. The number of hydrogen-bond donors (Lipinski definition) is 3. The largest absolute Gasteiger partial charge is 0.428 e. The first kappa shape index (κ1) is 10.9. The minimum atomic E-state index is -0.747. The van der Waals surface area contributed by atoms with Gasteiger partial charge in [-0.05, 0) is 18.5 Å². The SMILES string of the molecule is O=CCCCCNC(=O)ONO. The van der Waals surface area contributed by atoms with E-state index in [1.54, 1.807) is 0 Å². The van der Waals surface area contributed by atoms with Crippen molar-refractivity contribution in [2.24, 2.45) is 0 Å². The average Bonchev–Trinajstić information content (AvgIpc) is 2.05. The molecule has 0 aromatic rings. The molecule has 0 aliphatic carbocycles. The van der Waals surface area contributed by atoms with Crippen molar-refractivity contribution in [3.63, 3.8) is 0 Å². The first-order chi connectivity index (χ1) is 5.81. The number of amides is 1. The monoisotopic (exact) mass is 176 g/mol. The van der Waals surface area contributed by atoms with E-state index >= 15 is 0 Å². The molecule has 1 amide bonds. The van der Waals surface area contributed by atoms with Crippen LogP contribution in [0.1, 0.15) is 19.3 Å². The zero-order chi connectivity index (χ0) is 9.23. The number of carbonyl (C=O) groups excluding carboxylic acids is 2. The second-order valence-electron chi connectivity index (χ2n) is 2.07. The molecule has 0 radical (unpaired) electrons. The molecule has 0 fully saturated rings. The quantitative estimate of drug-likeness (QED) is 0.300. The Morgan fingerprint density at radius 2 is 2.25 bits per heavy atom. The van der Waals surface area contributed by atoms with Crippen molar-refractivity contribution in [3.8, 4) is 0 Å². The summed E-state index contributed by atoms with van der Waals surface area (Å²) in [7, 11) is 0.